The van der Waals surface area contributed by atoms with Crippen molar-refractivity contribution < 1.29 is 0 Å². The third kappa shape index (κ3) is 2.69. The fourth-order valence-corrected chi connectivity index (χ4v) is 3.06. The summed E-state index contributed by atoms with van der Waals surface area (Å²) in [6, 6.07) is 8.98. The van der Waals surface area contributed by atoms with Gasteiger partial charge in [0.15, 0.2) is 0 Å². The van der Waals surface area contributed by atoms with Gasteiger partial charge in [0, 0.05) is 29.8 Å². The van der Waals surface area contributed by atoms with E-state index < -0.39 is 0 Å². The summed E-state index contributed by atoms with van der Waals surface area (Å²) in [4.78, 5) is 7.64. The minimum Gasteiger partial charge on any atom is -0.361 e. The molecule has 1 aromatic carbocycles. The van der Waals surface area contributed by atoms with E-state index in [1.807, 2.05) is 17.8 Å². The molecule has 0 amide bonds. The van der Waals surface area contributed by atoms with Crippen LogP contribution in [0.15, 0.2) is 42.0 Å². The highest BCUT2D eigenvalue weighted by atomic mass is 32.1. The van der Waals surface area contributed by atoms with Crippen LogP contribution < -0.4 is 5.32 Å². The number of benzene rings is 1. The Morgan fingerprint density at radius 3 is 3.11 bits per heavy atom. The summed E-state index contributed by atoms with van der Waals surface area (Å²) in [5.41, 5.74) is 2.49. The lowest BCUT2D eigenvalue weighted by molar-refractivity contribution is 0.517. The average Bonchev–Trinajstić information content (AvgIpc) is 3.10. The Balaban J connectivity index is 1.70. The van der Waals surface area contributed by atoms with Gasteiger partial charge in [-0.05, 0) is 29.5 Å². The van der Waals surface area contributed by atoms with Crippen LogP contribution in [0.25, 0.3) is 10.9 Å². The Hall–Kier alpha value is -1.65. The lowest BCUT2D eigenvalue weighted by atomic mass is 10.1. The molecule has 98 valence electrons. The van der Waals surface area contributed by atoms with Crippen LogP contribution in [0.5, 0.6) is 0 Å². The van der Waals surface area contributed by atoms with E-state index >= 15 is 0 Å². The molecule has 2 N–H and O–H groups in total. The number of H-pyrrole nitrogens is 1. The average molecular weight is 271 g/mol. The molecule has 3 aromatic rings. The highest BCUT2D eigenvalue weighted by Crippen LogP contribution is 2.20. The van der Waals surface area contributed by atoms with Crippen molar-refractivity contribution in [1.82, 2.24) is 15.3 Å². The SMILES string of the molecule is CCC(NCc1ccc2cc[nH]c2c1)c1nccs1. The van der Waals surface area contributed by atoms with Gasteiger partial charge < -0.3 is 10.3 Å². The van der Waals surface area contributed by atoms with Gasteiger partial charge in [-0.25, -0.2) is 4.98 Å². The molecule has 0 radical (unpaired) electrons. The van der Waals surface area contributed by atoms with Gasteiger partial charge in [-0.1, -0.05) is 19.1 Å². The zero-order valence-corrected chi connectivity index (χ0v) is 11.7. The first-order valence-corrected chi connectivity index (χ1v) is 7.43. The minimum atomic E-state index is 0.347. The van der Waals surface area contributed by atoms with Crippen molar-refractivity contribution in [3.63, 3.8) is 0 Å². The number of rotatable bonds is 5. The van der Waals surface area contributed by atoms with Crippen molar-refractivity contribution in [2.75, 3.05) is 0 Å². The number of thiazole rings is 1. The fraction of sp³-hybridized carbons (Fsp3) is 0.267. The van der Waals surface area contributed by atoms with E-state index in [2.05, 4.69) is 46.5 Å². The maximum absolute atomic E-state index is 4.39. The molecule has 3 rings (SSSR count). The first-order valence-electron chi connectivity index (χ1n) is 6.55. The maximum atomic E-state index is 4.39. The first kappa shape index (κ1) is 12.4. The Kier molecular flexibility index (Phi) is 3.62. The lowest BCUT2D eigenvalue weighted by Crippen LogP contribution is -2.20. The molecule has 0 aliphatic heterocycles. The second-order valence-electron chi connectivity index (χ2n) is 4.61. The van der Waals surface area contributed by atoms with Gasteiger partial charge in [0.05, 0.1) is 6.04 Å². The number of aromatic amines is 1. The summed E-state index contributed by atoms with van der Waals surface area (Å²) in [6.07, 6.45) is 4.90. The van der Waals surface area contributed by atoms with Crippen LogP contribution in [-0.2, 0) is 6.54 Å². The lowest BCUT2D eigenvalue weighted by Gasteiger charge is -2.14. The Morgan fingerprint density at radius 2 is 2.32 bits per heavy atom. The van der Waals surface area contributed by atoms with E-state index in [1.54, 1.807) is 11.3 Å². The molecule has 0 saturated heterocycles. The Morgan fingerprint density at radius 1 is 1.37 bits per heavy atom. The van der Waals surface area contributed by atoms with Crippen LogP contribution in [0, 0.1) is 0 Å². The summed E-state index contributed by atoms with van der Waals surface area (Å²) in [7, 11) is 0. The smallest absolute Gasteiger partial charge is 0.109 e. The molecule has 0 saturated carbocycles. The van der Waals surface area contributed by atoms with E-state index in [1.165, 1.54) is 21.5 Å². The summed E-state index contributed by atoms with van der Waals surface area (Å²) < 4.78 is 0. The minimum absolute atomic E-state index is 0.347. The molecule has 0 aliphatic rings. The van der Waals surface area contributed by atoms with E-state index in [0.29, 0.717) is 6.04 Å². The van der Waals surface area contributed by atoms with Crippen LogP contribution in [0.4, 0.5) is 0 Å². The van der Waals surface area contributed by atoms with Gasteiger partial charge in [-0.3, -0.25) is 0 Å². The van der Waals surface area contributed by atoms with Crippen molar-refractivity contribution in [2.45, 2.75) is 25.9 Å². The van der Waals surface area contributed by atoms with Crippen molar-refractivity contribution in [2.24, 2.45) is 0 Å². The van der Waals surface area contributed by atoms with Crippen molar-refractivity contribution in [1.29, 1.82) is 0 Å². The van der Waals surface area contributed by atoms with Crippen LogP contribution in [-0.4, -0.2) is 9.97 Å². The number of nitrogens with zero attached hydrogens (tertiary/aromatic N) is 1. The quantitative estimate of drug-likeness (QED) is 0.739. The zero-order valence-electron chi connectivity index (χ0n) is 10.9. The van der Waals surface area contributed by atoms with Gasteiger partial charge in [0.25, 0.3) is 0 Å². The molecule has 0 bridgehead atoms. The van der Waals surface area contributed by atoms with E-state index in [4.69, 9.17) is 0 Å². The molecule has 0 spiro atoms. The molecule has 19 heavy (non-hydrogen) atoms. The van der Waals surface area contributed by atoms with Gasteiger partial charge in [0.2, 0.25) is 0 Å². The summed E-state index contributed by atoms with van der Waals surface area (Å²) in [5.74, 6) is 0. The van der Waals surface area contributed by atoms with Crippen molar-refractivity contribution in [3.05, 3.63) is 52.6 Å². The summed E-state index contributed by atoms with van der Waals surface area (Å²) in [5, 5.41) is 8.04. The Bertz CT molecular complexity index is 642. The first-order chi connectivity index (χ1) is 9.36. The molecular formula is C15H17N3S. The number of aromatic nitrogens is 2. The molecule has 1 atom stereocenters. The van der Waals surface area contributed by atoms with Gasteiger partial charge >= 0.3 is 0 Å². The second-order valence-corrected chi connectivity index (χ2v) is 5.54. The standard InChI is InChI=1S/C15H17N3S/c1-2-13(15-17-7-8-19-15)18-10-11-3-4-12-5-6-16-14(12)9-11/h3-9,13,16,18H,2,10H2,1H3. The highest BCUT2D eigenvalue weighted by Gasteiger charge is 2.11. The number of nitrogens with one attached hydrogen (secondary N) is 2. The highest BCUT2D eigenvalue weighted by molar-refractivity contribution is 7.09. The number of fused-ring (bicyclic) bond motifs is 1. The molecule has 2 heterocycles. The maximum Gasteiger partial charge on any atom is 0.109 e. The van der Waals surface area contributed by atoms with Crippen LogP contribution >= 0.6 is 11.3 Å². The second kappa shape index (κ2) is 5.55. The Labute approximate surface area is 116 Å². The van der Waals surface area contributed by atoms with Crippen LogP contribution in [0.1, 0.15) is 30.0 Å². The van der Waals surface area contributed by atoms with Gasteiger partial charge in [-0.15, -0.1) is 11.3 Å². The molecule has 0 aliphatic carbocycles. The predicted molar refractivity (Wildman–Crippen MR) is 80.3 cm³/mol. The molecule has 3 nitrogen and oxygen atoms in total. The van der Waals surface area contributed by atoms with E-state index in [-0.39, 0.29) is 0 Å². The number of hydrogen-bond donors (Lipinski definition) is 2. The van der Waals surface area contributed by atoms with E-state index in [0.717, 1.165) is 13.0 Å². The topological polar surface area (TPSA) is 40.7 Å². The predicted octanol–water partition coefficient (Wildman–Crippen LogP) is 3.87. The largest absolute Gasteiger partial charge is 0.361 e. The molecule has 4 heteroatoms. The fourth-order valence-electron chi connectivity index (χ4n) is 2.26. The van der Waals surface area contributed by atoms with Gasteiger partial charge in [0.1, 0.15) is 5.01 Å². The third-order valence-corrected chi connectivity index (χ3v) is 4.22. The normalized spacial score (nSPS) is 12.9. The number of hydrogen-bond acceptors (Lipinski definition) is 3. The van der Waals surface area contributed by atoms with E-state index in [9.17, 15) is 0 Å². The molecule has 0 fully saturated rings. The molecule has 2 aromatic heterocycles. The third-order valence-electron chi connectivity index (χ3n) is 3.33. The van der Waals surface area contributed by atoms with Crippen LogP contribution in [0.2, 0.25) is 0 Å². The van der Waals surface area contributed by atoms with Gasteiger partial charge in [-0.2, -0.15) is 0 Å². The van der Waals surface area contributed by atoms with Crippen molar-refractivity contribution in [3.8, 4) is 0 Å². The zero-order chi connectivity index (χ0) is 13.1. The summed E-state index contributed by atoms with van der Waals surface area (Å²) in [6.45, 7) is 3.06. The van der Waals surface area contributed by atoms with Crippen molar-refractivity contribution >= 4 is 22.2 Å². The van der Waals surface area contributed by atoms with Crippen LogP contribution in [0.3, 0.4) is 0 Å². The molecular weight excluding hydrogens is 254 g/mol. The summed E-state index contributed by atoms with van der Waals surface area (Å²) >= 11 is 1.71. The molecule has 1 unspecified atom stereocenters. The monoisotopic (exact) mass is 271 g/mol.